The highest BCUT2D eigenvalue weighted by molar-refractivity contribution is 6.11. The summed E-state index contributed by atoms with van der Waals surface area (Å²) >= 11 is 0. The minimum absolute atomic E-state index is 0.212. The van der Waals surface area contributed by atoms with Gasteiger partial charge >= 0.3 is 0 Å². The van der Waals surface area contributed by atoms with Crippen LogP contribution in [-0.4, -0.2) is 47.4 Å². The molecular formula is C17H17N5O2. The molecule has 122 valence electrons. The van der Waals surface area contributed by atoms with Crippen molar-refractivity contribution in [2.75, 3.05) is 36.5 Å². The Balaban J connectivity index is 1.50. The molecule has 7 heteroatoms. The standard InChI is InChI=1S/C17H17N5O2/c23-17(14-3-1-2-12-10-19-21-16(12)14)20-15-5-4-13(11-18-15)22-6-8-24-9-7-22/h1-5,10-11H,6-9H2,(H,19,21)(H,18,20,23). The number of aromatic nitrogens is 3. The smallest absolute Gasteiger partial charge is 0.259 e. The molecule has 0 bridgehead atoms. The lowest BCUT2D eigenvalue weighted by molar-refractivity contribution is 0.102. The molecule has 24 heavy (non-hydrogen) atoms. The molecule has 1 aliphatic rings. The van der Waals surface area contributed by atoms with E-state index in [4.69, 9.17) is 4.74 Å². The summed E-state index contributed by atoms with van der Waals surface area (Å²) in [6.07, 6.45) is 3.47. The quantitative estimate of drug-likeness (QED) is 0.771. The Labute approximate surface area is 138 Å². The van der Waals surface area contributed by atoms with Crippen molar-refractivity contribution in [2.24, 2.45) is 0 Å². The van der Waals surface area contributed by atoms with E-state index in [0.29, 0.717) is 11.4 Å². The van der Waals surface area contributed by atoms with Crippen molar-refractivity contribution < 1.29 is 9.53 Å². The second kappa shape index (κ2) is 6.29. The number of amides is 1. The number of pyridine rings is 1. The summed E-state index contributed by atoms with van der Waals surface area (Å²) in [4.78, 5) is 19.0. The van der Waals surface area contributed by atoms with E-state index < -0.39 is 0 Å². The molecule has 3 heterocycles. The summed E-state index contributed by atoms with van der Waals surface area (Å²) in [6, 6.07) is 9.28. The van der Waals surface area contributed by atoms with Gasteiger partial charge in [0.05, 0.1) is 42.4 Å². The predicted octanol–water partition coefficient (Wildman–Crippen LogP) is 2.05. The Bertz CT molecular complexity index is 853. The van der Waals surface area contributed by atoms with Crippen LogP contribution in [0.4, 0.5) is 11.5 Å². The van der Waals surface area contributed by atoms with E-state index in [1.54, 1.807) is 18.5 Å². The van der Waals surface area contributed by atoms with Crippen LogP contribution >= 0.6 is 0 Å². The molecule has 4 rings (SSSR count). The summed E-state index contributed by atoms with van der Waals surface area (Å²) < 4.78 is 5.35. The zero-order chi connectivity index (χ0) is 16.4. The maximum absolute atomic E-state index is 12.5. The molecule has 0 spiro atoms. The zero-order valence-corrected chi connectivity index (χ0v) is 13.0. The van der Waals surface area contributed by atoms with Crippen molar-refractivity contribution in [1.29, 1.82) is 0 Å². The molecule has 1 aliphatic heterocycles. The first-order valence-electron chi connectivity index (χ1n) is 7.83. The van der Waals surface area contributed by atoms with Crippen LogP contribution in [0.25, 0.3) is 10.9 Å². The summed E-state index contributed by atoms with van der Waals surface area (Å²) in [5, 5.41) is 10.6. The van der Waals surface area contributed by atoms with E-state index in [9.17, 15) is 4.79 Å². The number of aromatic amines is 1. The number of benzene rings is 1. The minimum atomic E-state index is -0.212. The van der Waals surface area contributed by atoms with Gasteiger partial charge in [0.2, 0.25) is 0 Å². The van der Waals surface area contributed by atoms with Crippen LogP contribution in [0.2, 0.25) is 0 Å². The van der Waals surface area contributed by atoms with Gasteiger partial charge in [-0.2, -0.15) is 5.10 Å². The first-order chi connectivity index (χ1) is 11.8. The van der Waals surface area contributed by atoms with Gasteiger partial charge in [-0.15, -0.1) is 0 Å². The van der Waals surface area contributed by atoms with E-state index >= 15 is 0 Å². The molecule has 0 aliphatic carbocycles. The number of ether oxygens (including phenoxy) is 1. The molecular weight excluding hydrogens is 306 g/mol. The lowest BCUT2D eigenvalue weighted by atomic mass is 10.1. The number of rotatable bonds is 3. The molecule has 2 N–H and O–H groups in total. The molecule has 0 atom stereocenters. The maximum atomic E-state index is 12.5. The molecule has 0 saturated carbocycles. The highest BCUT2D eigenvalue weighted by Crippen LogP contribution is 2.19. The first kappa shape index (κ1) is 14.6. The highest BCUT2D eigenvalue weighted by atomic mass is 16.5. The van der Waals surface area contributed by atoms with Crippen LogP contribution in [0.5, 0.6) is 0 Å². The number of morpholine rings is 1. The number of fused-ring (bicyclic) bond motifs is 1. The van der Waals surface area contributed by atoms with Gasteiger partial charge in [0.15, 0.2) is 0 Å². The topological polar surface area (TPSA) is 83.1 Å². The van der Waals surface area contributed by atoms with E-state index in [-0.39, 0.29) is 5.91 Å². The van der Waals surface area contributed by atoms with Gasteiger partial charge in [-0.05, 0) is 18.2 Å². The normalized spacial score (nSPS) is 14.8. The number of hydrogen-bond donors (Lipinski definition) is 2. The van der Waals surface area contributed by atoms with Gasteiger partial charge < -0.3 is 15.0 Å². The van der Waals surface area contributed by atoms with Crippen molar-refractivity contribution in [2.45, 2.75) is 0 Å². The largest absolute Gasteiger partial charge is 0.378 e. The highest BCUT2D eigenvalue weighted by Gasteiger charge is 2.14. The second-order valence-electron chi connectivity index (χ2n) is 5.59. The van der Waals surface area contributed by atoms with Crippen molar-refractivity contribution in [3.05, 3.63) is 48.3 Å². The van der Waals surface area contributed by atoms with Gasteiger partial charge in [0.1, 0.15) is 5.82 Å². The van der Waals surface area contributed by atoms with Crippen LogP contribution < -0.4 is 10.2 Å². The molecule has 2 aromatic heterocycles. The van der Waals surface area contributed by atoms with Gasteiger partial charge in [-0.1, -0.05) is 12.1 Å². The second-order valence-corrected chi connectivity index (χ2v) is 5.59. The van der Waals surface area contributed by atoms with Crippen molar-refractivity contribution in [1.82, 2.24) is 15.2 Å². The fourth-order valence-electron chi connectivity index (χ4n) is 2.81. The average molecular weight is 323 g/mol. The fourth-order valence-corrected chi connectivity index (χ4v) is 2.81. The van der Waals surface area contributed by atoms with Crippen LogP contribution in [-0.2, 0) is 4.74 Å². The van der Waals surface area contributed by atoms with Crippen molar-refractivity contribution in [3.8, 4) is 0 Å². The van der Waals surface area contributed by atoms with Crippen LogP contribution in [0.15, 0.2) is 42.7 Å². The van der Waals surface area contributed by atoms with Crippen LogP contribution in [0.1, 0.15) is 10.4 Å². The van der Waals surface area contributed by atoms with E-state index in [0.717, 1.165) is 42.9 Å². The van der Waals surface area contributed by atoms with E-state index in [1.807, 2.05) is 24.3 Å². The third kappa shape index (κ3) is 2.81. The van der Waals surface area contributed by atoms with E-state index in [1.165, 1.54) is 0 Å². The number of carbonyl (C=O) groups excluding carboxylic acids is 1. The Hall–Kier alpha value is -2.93. The maximum Gasteiger partial charge on any atom is 0.259 e. The Morgan fingerprint density at radius 3 is 2.83 bits per heavy atom. The molecule has 1 saturated heterocycles. The van der Waals surface area contributed by atoms with Gasteiger partial charge in [-0.25, -0.2) is 4.98 Å². The van der Waals surface area contributed by atoms with Gasteiger partial charge in [-0.3, -0.25) is 9.89 Å². The molecule has 1 amide bonds. The average Bonchev–Trinajstić information content (AvgIpc) is 3.12. The van der Waals surface area contributed by atoms with Crippen molar-refractivity contribution in [3.63, 3.8) is 0 Å². The first-order valence-corrected chi connectivity index (χ1v) is 7.83. The summed E-state index contributed by atoms with van der Waals surface area (Å²) in [5.41, 5.74) is 2.30. The van der Waals surface area contributed by atoms with Gasteiger partial charge in [0.25, 0.3) is 5.91 Å². The lowest BCUT2D eigenvalue weighted by Crippen LogP contribution is -2.36. The number of anilines is 2. The summed E-state index contributed by atoms with van der Waals surface area (Å²) in [7, 11) is 0. The summed E-state index contributed by atoms with van der Waals surface area (Å²) in [6.45, 7) is 3.17. The van der Waals surface area contributed by atoms with Crippen LogP contribution in [0.3, 0.4) is 0 Å². The zero-order valence-electron chi connectivity index (χ0n) is 13.0. The monoisotopic (exact) mass is 323 g/mol. The van der Waals surface area contributed by atoms with E-state index in [2.05, 4.69) is 25.4 Å². The molecule has 3 aromatic rings. The minimum Gasteiger partial charge on any atom is -0.378 e. The third-order valence-corrected chi connectivity index (χ3v) is 4.09. The fraction of sp³-hybridized carbons (Fsp3) is 0.235. The number of hydrogen-bond acceptors (Lipinski definition) is 5. The molecule has 0 radical (unpaired) electrons. The SMILES string of the molecule is O=C(Nc1ccc(N2CCOCC2)cn1)c1cccc2cn[nH]c12. The number of nitrogens with zero attached hydrogens (tertiary/aromatic N) is 3. The third-order valence-electron chi connectivity index (χ3n) is 4.09. The molecule has 0 unspecified atom stereocenters. The lowest BCUT2D eigenvalue weighted by Gasteiger charge is -2.28. The van der Waals surface area contributed by atoms with Gasteiger partial charge in [0, 0.05) is 18.5 Å². The Kier molecular flexibility index (Phi) is 3.84. The molecule has 1 aromatic carbocycles. The number of nitrogens with one attached hydrogen (secondary N) is 2. The number of H-pyrrole nitrogens is 1. The molecule has 7 nitrogen and oxygen atoms in total. The predicted molar refractivity (Wildman–Crippen MR) is 91.3 cm³/mol. The Morgan fingerprint density at radius 1 is 1.17 bits per heavy atom. The number of para-hydroxylation sites is 1. The summed E-state index contributed by atoms with van der Waals surface area (Å²) in [5.74, 6) is 0.310. The molecule has 1 fully saturated rings. The van der Waals surface area contributed by atoms with Crippen LogP contribution in [0, 0.1) is 0 Å². The number of carbonyl (C=O) groups is 1. The van der Waals surface area contributed by atoms with Crippen molar-refractivity contribution >= 4 is 28.3 Å². The Morgan fingerprint density at radius 2 is 2.04 bits per heavy atom.